The molecule has 0 radical (unpaired) electrons. The van der Waals surface area contributed by atoms with Crippen LogP contribution in [0.3, 0.4) is 0 Å². The Balaban J connectivity index is 1.16. The fraction of sp³-hybridized carbons (Fsp3) is 0.444. The van der Waals surface area contributed by atoms with Gasteiger partial charge in [0, 0.05) is 12.7 Å². The minimum atomic E-state index is -2.86. The van der Waals surface area contributed by atoms with E-state index < -0.39 is 82.6 Å². The van der Waals surface area contributed by atoms with Gasteiger partial charge in [0.05, 0.1) is 39.6 Å². The molecule has 0 amide bonds. The second-order valence-corrected chi connectivity index (χ2v) is 22.7. The third-order valence-electron chi connectivity index (χ3n) is 13.1. The first kappa shape index (κ1) is 49.3. The van der Waals surface area contributed by atoms with Crippen molar-refractivity contribution in [3.63, 3.8) is 0 Å². The van der Waals surface area contributed by atoms with Crippen LogP contribution >= 0.6 is 0 Å². The van der Waals surface area contributed by atoms with Gasteiger partial charge in [0.15, 0.2) is 18.9 Å². The maximum Gasteiger partial charge on any atom is 0.225 e. The number of rotatable bonds is 20. The summed E-state index contributed by atoms with van der Waals surface area (Å²) in [7, 11) is -1.32. The quantitative estimate of drug-likeness (QED) is 0.0737. The molecule has 11 atom stereocenters. The van der Waals surface area contributed by atoms with Crippen molar-refractivity contribution in [1.82, 2.24) is 0 Å². The van der Waals surface area contributed by atoms with E-state index in [2.05, 4.69) is 33.8 Å². The van der Waals surface area contributed by atoms with Crippen molar-refractivity contribution in [2.24, 2.45) is 0 Å². The standard InChI is InChI=1S/C54H66O12Si/c1-36(2)67(56,37(3)4)43-28-18-25-41(29-43)34-59-49-47-45(35-62-52(65-47)42-26-16-9-17-27-42)64-54(51(49)61-33-40-23-14-8-15-24-40)66-46-44(30-55)63-53(57-5)50(60-32-39-21-12-7-13-22-39)48(46)58-31-38-19-10-6-11-20-38/h6-29,36-37,44-56H,30-35H2,1-5H3/t44-,45-,46-,47-,48+,49+,50-,51-,52-,53+,54+/m1/s1. The molecule has 5 aromatic rings. The van der Waals surface area contributed by atoms with E-state index in [1.165, 1.54) is 0 Å². The molecule has 3 fully saturated rings. The number of benzene rings is 5. The molecular weight excluding hydrogens is 869 g/mol. The number of hydrogen-bond donors (Lipinski definition) is 2. The van der Waals surface area contributed by atoms with Gasteiger partial charge in [-0.15, -0.1) is 0 Å². The van der Waals surface area contributed by atoms with Crippen LogP contribution in [-0.2, 0) is 73.8 Å². The lowest BCUT2D eigenvalue weighted by molar-refractivity contribution is -0.396. The van der Waals surface area contributed by atoms with Crippen molar-refractivity contribution in [3.8, 4) is 0 Å². The average Bonchev–Trinajstić information content (AvgIpc) is 3.37. The molecule has 0 saturated carbocycles. The van der Waals surface area contributed by atoms with Gasteiger partial charge in [-0.1, -0.05) is 173 Å². The summed E-state index contributed by atoms with van der Waals surface area (Å²) in [6, 6.07) is 47.5. The Hall–Kier alpha value is -4.16. The molecule has 0 aliphatic carbocycles. The van der Waals surface area contributed by atoms with E-state index >= 15 is 0 Å². The van der Waals surface area contributed by atoms with Crippen molar-refractivity contribution < 1.29 is 57.3 Å². The van der Waals surface area contributed by atoms with E-state index in [0.717, 1.165) is 33.0 Å². The molecule has 3 heterocycles. The van der Waals surface area contributed by atoms with Crippen LogP contribution in [0.2, 0.25) is 11.1 Å². The number of ether oxygens (including phenoxy) is 10. The molecule has 3 aliphatic heterocycles. The van der Waals surface area contributed by atoms with Gasteiger partial charge in [-0.05, 0) is 38.5 Å². The Kier molecular flexibility index (Phi) is 17.2. The van der Waals surface area contributed by atoms with E-state index in [1.54, 1.807) is 7.11 Å². The van der Waals surface area contributed by atoms with Gasteiger partial charge in [0.25, 0.3) is 0 Å². The molecule has 5 aromatic carbocycles. The van der Waals surface area contributed by atoms with Crippen LogP contribution in [0.5, 0.6) is 0 Å². The summed E-state index contributed by atoms with van der Waals surface area (Å²) in [6.45, 7) is 8.98. The lowest BCUT2D eigenvalue weighted by Gasteiger charge is -2.51. The maximum absolute atomic E-state index is 12.1. The SMILES string of the molecule is CO[C@H]1O[C@H](CO)[C@@H](O[C@@H]2O[C@@H]3CO[C@@H](c4ccccc4)O[C@H]3[C@H](OCc3cccc([Si](O)(C(C)C)C(C)C)c3)[C@H]2OCc2ccccc2)[C@H](OCc2ccccc2)[C@H]1OCc1ccccc1. The van der Waals surface area contributed by atoms with E-state index in [1.807, 2.05) is 140 Å². The molecule has 0 spiro atoms. The predicted molar refractivity (Wildman–Crippen MR) is 254 cm³/mol. The summed E-state index contributed by atoms with van der Waals surface area (Å²) in [5, 5.41) is 12.0. The molecule has 2 N–H and O–H groups in total. The molecule has 0 unspecified atom stereocenters. The highest BCUT2D eigenvalue weighted by Gasteiger charge is 2.56. The summed E-state index contributed by atoms with van der Waals surface area (Å²) in [5.41, 5.74) is 4.80. The van der Waals surface area contributed by atoms with Gasteiger partial charge < -0.3 is 57.3 Å². The fourth-order valence-electron chi connectivity index (χ4n) is 9.44. The first-order chi connectivity index (χ1) is 32.7. The highest BCUT2D eigenvalue weighted by molar-refractivity contribution is 6.87. The molecule has 0 bridgehead atoms. The Labute approximate surface area is 396 Å². The van der Waals surface area contributed by atoms with E-state index in [4.69, 9.17) is 47.4 Å². The highest BCUT2D eigenvalue weighted by atomic mass is 28.4. The number of methoxy groups -OCH3 is 1. The van der Waals surface area contributed by atoms with Crippen LogP contribution in [-0.4, -0.2) is 100.0 Å². The third-order valence-corrected chi connectivity index (χ3v) is 17.9. The second kappa shape index (κ2) is 23.4. The first-order valence-electron chi connectivity index (χ1n) is 23.5. The van der Waals surface area contributed by atoms with Gasteiger partial charge in [-0.3, -0.25) is 0 Å². The Morgan fingerprint density at radius 1 is 0.552 bits per heavy atom. The van der Waals surface area contributed by atoms with Crippen LogP contribution < -0.4 is 5.19 Å². The monoisotopic (exact) mass is 934 g/mol. The minimum Gasteiger partial charge on any atom is -0.427 e. The topological polar surface area (TPSA) is 133 Å². The van der Waals surface area contributed by atoms with Crippen LogP contribution in [0.15, 0.2) is 146 Å². The van der Waals surface area contributed by atoms with E-state index in [9.17, 15) is 9.90 Å². The third kappa shape index (κ3) is 11.8. The van der Waals surface area contributed by atoms with Crippen molar-refractivity contribution in [2.45, 2.75) is 133 Å². The Bertz CT molecular complexity index is 2210. The predicted octanol–water partition coefficient (Wildman–Crippen LogP) is 7.88. The lowest BCUT2D eigenvalue weighted by atomic mass is 9.95. The van der Waals surface area contributed by atoms with Gasteiger partial charge in [-0.2, -0.15) is 0 Å². The van der Waals surface area contributed by atoms with Crippen molar-refractivity contribution >= 4 is 13.5 Å². The van der Waals surface area contributed by atoms with Gasteiger partial charge in [0.2, 0.25) is 8.32 Å². The molecule has 8 rings (SSSR count). The number of fused-ring (bicyclic) bond motifs is 1. The molecule has 0 aromatic heterocycles. The van der Waals surface area contributed by atoms with Crippen LogP contribution in [0.25, 0.3) is 0 Å². The highest BCUT2D eigenvalue weighted by Crippen LogP contribution is 2.40. The zero-order valence-electron chi connectivity index (χ0n) is 39.1. The maximum atomic E-state index is 12.1. The lowest BCUT2D eigenvalue weighted by Crippen LogP contribution is -2.67. The molecular formula is C54H66O12Si. The van der Waals surface area contributed by atoms with Gasteiger partial charge in [0.1, 0.15) is 48.8 Å². The van der Waals surface area contributed by atoms with E-state index in [-0.39, 0.29) is 44.1 Å². The van der Waals surface area contributed by atoms with Crippen LogP contribution in [0.1, 0.15) is 61.8 Å². The molecule has 12 nitrogen and oxygen atoms in total. The van der Waals surface area contributed by atoms with Crippen LogP contribution in [0.4, 0.5) is 0 Å². The summed E-state index contributed by atoms with van der Waals surface area (Å²) >= 11 is 0. The van der Waals surface area contributed by atoms with Crippen molar-refractivity contribution in [1.29, 1.82) is 0 Å². The summed E-state index contributed by atoms with van der Waals surface area (Å²) in [5.74, 6) is 0. The van der Waals surface area contributed by atoms with Crippen LogP contribution in [0, 0.1) is 0 Å². The molecule has 67 heavy (non-hydrogen) atoms. The summed E-state index contributed by atoms with van der Waals surface area (Å²) < 4.78 is 67.1. The minimum absolute atomic E-state index is 0.105. The number of aliphatic hydroxyl groups is 1. The smallest absolute Gasteiger partial charge is 0.225 e. The second-order valence-electron chi connectivity index (χ2n) is 18.2. The number of hydrogen-bond acceptors (Lipinski definition) is 12. The zero-order valence-corrected chi connectivity index (χ0v) is 40.1. The van der Waals surface area contributed by atoms with E-state index in [0.29, 0.717) is 0 Å². The average molecular weight is 935 g/mol. The molecule has 13 heteroatoms. The van der Waals surface area contributed by atoms with Crippen molar-refractivity contribution in [2.75, 3.05) is 20.3 Å². The number of aliphatic hydroxyl groups excluding tert-OH is 1. The largest absolute Gasteiger partial charge is 0.427 e. The first-order valence-corrected chi connectivity index (χ1v) is 25.6. The Morgan fingerprint density at radius 2 is 1.04 bits per heavy atom. The van der Waals surface area contributed by atoms with Gasteiger partial charge in [-0.25, -0.2) is 0 Å². The Morgan fingerprint density at radius 3 is 1.58 bits per heavy atom. The summed E-state index contributed by atoms with van der Waals surface area (Å²) in [6.07, 6.45) is -9.21. The summed E-state index contributed by atoms with van der Waals surface area (Å²) in [4.78, 5) is 12.1. The normalized spacial score (nSPS) is 27.8. The molecule has 358 valence electrons. The molecule has 3 saturated heterocycles. The molecule has 3 aliphatic rings. The van der Waals surface area contributed by atoms with Gasteiger partial charge >= 0.3 is 0 Å². The fourth-order valence-corrected chi connectivity index (χ4v) is 12.9. The van der Waals surface area contributed by atoms with Crippen molar-refractivity contribution in [3.05, 3.63) is 173 Å². The zero-order chi connectivity index (χ0) is 46.8.